The van der Waals surface area contributed by atoms with Crippen LogP contribution in [0.2, 0.25) is 0 Å². The van der Waals surface area contributed by atoms with Crippen LogP contribution in [0.25, 0.3) is 10.2 Å². The molecule has 0 fully saturated rings. The highest BCUT2D eigenvalue weighted by atomic mass is 32.2. The van der Waals surface area contributed by atoms with Crippen molar-refractivity contribution in [2.24, 2.45) is 0 Å². The number of nitrogens with zero attached hydrogens (tertiary/aromatic N) is 1. The molecule has 1 N–H and O–H groups in total. The van der Waals surface area contributed by atoms with Gasteiger partial charge in [0, 0.05) is 11.4 Å². The summed E-state index contributed by atoms with van der Waals surface area (Å²) in [6, 6.07) is 2.33. The van der Waals surface area contributed by atoms with Crippen LogP contribution < -0.4 is 4.80 Å². The number of halogens is 3. The van der Waals surface area contributed by atoms with Gasteiger partial charge >= 0.3 is 6.18 Å². The van der Waals surface area contributed by atoms with E-state index in [0.717, 1.165) is 22.9 Å². The second-order valence-electron chi connectivity index (χ2n) is 3.90. The van der Waals surface area contributed by atoms with Gasteiger partial charge in [0.2, 0.25) is 0 Å². The largest absolute Gasteiger partial charge is 0.416 e. The summed E-state index contributed by atoms with van der Waals surface area (Å²) in [5.74, 6) is 0.698. The number of nitrogens with one attached hydrogen (secondary N) is 1. The minimum absolute atomic E-state index is 0.287. The zero-order valence-corrected chi connectivity index (χ0v) is 12.1. The van der Waals surface area contributed by atoms with E-state index in [1.54, 1.807) is 4.57 Å². The average molecular weight is 306 g/mol. The Hall–Kier alpha value is -0.950. The van der Waals surface area contributed by atoms with Crippen LogP contribution in [0, 0.1) is 5.41 Å². The SMILES string of the molecule is CCSc1cc(C(F)(F)F)cc2sc(=N)n(CC)c12. The molecule has 19 heavy (non-hydrogen) atoms. The van der Waals surface area contributed by atoms with Gasteiger partial charge in [-0.1, -0.05) is 18.3 Å². The molecule has 2 rings (SSSR count). The lowest BCUT2D eigenvalue weighted by molar-refractivity contribution is -0.137. The first kappa shape index (κ1) is 14.5. The third-order valence-electron chi connectivity index (χ3n) is 2.71. The van der Waals surface area contributed by atoms with Crippen LogP contribution in [-0.2, 0) is 12.7 Å². The normalized spacial score (nSPS) is 12.3. The third-order valence-corrected chi connectivity index (χ3v) is 4.56. The monoisotopic (exact) mass is 306 g/mol. The predicted molar refractivity (Wildman–Crippen MR) is 72.7 cm³/mol. The summed E-state index contributed by atoms with van der Waals surface area (Å²) in [4.78, 5) is 0.888. The first-order valence-corrected chi connectivity index (χ1v) is 7.60. The third kappa shape index (κ3) is 2.67. The molecule has 104 valence electrons. The van der Waals surface area contributed by atoms with E-state index in [1.165, 1.54) is 17.8 Å². The standard InChI is InChI=1S/C12H13F3N2S2/c1-3-17-10-8(18-4-2)5-7(12(13,14)15)6-9(10)19-11(17)16/h5-6,16H,3-4H2,1-2H3. The number of aryl methyl sites for hydroxylation is 1. The average Bonchev–Trinajstić information content (AvgIpc) is 2.63. The molecule has 0 bridgehead atoms. The number of thiazole rings is 1. The van der Waals surface area contributed by atoms with Crippen molar-refractivity contribution in [3.05, 3.63) is 22.5 Å². The fourth-order valence-electron chi connectivity index (χ4n) is 1.92. The van der Waals surface area contributed by atoms with E-state index in [0.29, 0.717) is 21.9 Å². The molecule has 1 aromatic heterocycles. The van der Waals surface area contributed by atoms with Gasteiger partial charge in [0.05, 0.1) is 15.8 Å². The van der Waals surface area contributed by atoms with Crippen molar-refractivity contribution in [1.29, 1.82) is 5.41 Å². The number of alkyl halides is 3. The second-order valence-corrected chi connectivity index (χ2v) is 6.24. The van der Waals surface area contributed by atoms with Crippen LogP contribution in [0.4, 0.5) is 13.2 Å². The van der Waals surface area contributed by atoms with Crippen molar-refractivity contribution in [3.8, 4) is 0 Å². The summed E-state index contributed by atoms with van der Waals surface area (Å²) < 4.78 is 40.9. The number of fused-ring (bicyclic) bond motifs is 1. The van der Waals surface area contributed by atoms with E-state index in [1.807, 2.05) is 13.8 Å². The van der Waals surface area contributed by atoms with E-state index in [-0.39, 0.29) is 4.80 Å². The number of aromatic nitrogens is 1. The Kier molecular flexibility index (Phi) is 3.96. The summed E-state index contributed by atoms with van der Waals surface area (Å²) >= 11 is 2.47. The van der Waals surface area contributed by atoms with Crippen molar-refractivity contribution in [2.75, 3.05) is 5.75 Å². The molecule has 1 heterocycles. The van der Waals surface area contributed by atoms with Crippen LogP contribution in [0.5, 0.6) is 0 Å². The van der Waals surface area contributed by atoms with Crippen molar-refractivity contribution in [3.63, 3.8) is 0 Å². The maximum Gasteiger partial charge on any atom is 0.416 e. The molecule has 1 aromatic carbocycles. The molecule has 2 aromatic rings. The minimum Gasteiger partial charge on any atom is -0.316 e. The lowest BCUT2D eigenvalue weighted by Crippen LogP contribution is -2.11. The Morgan fingerprint density at radius 1 is 1.32 bits per heavy atom. The predicted octanol–water partition coefficient (Wildman–Crippen LogP) is 4.33. The molecule has 0 unspecified atom stereocenters. The summed E-state index contributed by atoms with van der Waals surface area (Å²) in [6.07, 6.45) is -4.35. The highest BCUT2D eigenvalue weighted by Gasteiger charge is 2.32. The maximum absolute atomic E-state index is 12.9. The topological polar surface area (TPSA) is 28.8 Å². The van der Waals surface area contributed by atoms with E-state index in [4.69, 9.17) is 5.41 Å². The van der Waals surface area contributed by atoms with Crippen molar-refractivity contribution < 1.29 is 13.2 Å². The molecule has 0 spiro atoms. The molecule has 2 nitrogen and oxygen atoms in total. The highest BCUT2D eigenvalue weighted by molar-refractivity contribution is 7.99. The summed E-state index contributed by atoms with van der Waals surface area (Å²) in [5, 5.41) is 7.85. The Bertz CT molecular complexity index is 655. The number of rotatable bonds is 3. The molecule has 0 saturated carbocycles. The Morgan fingerprint density at radius 3 is 2.53 bits per heavy atom. The van der Waals surface area contributed by atoms with Gasteiger partial charge in [-0.3, -0.25) is 5.41 Å². The zero-order chi connectivity index (χ0) is 14.2. The molecule has 0 aliphatic rings. The van der Waals surface area contributed by atoms with Gasteiger partial charge in [0.25, 0.3) is 0 Å². The first-order valence-electron chi connectivity index (χ1n) is 5.80. The fourth-order valence-corrected chi connectivity index (χ4v) is 3.90. The minimum atomic E-state index is -4.35. The fraction of sp³-hybridized carbons (Fsp3) is 0.417. The summed E-state index contributed by atoms with van der Waals surface area (Å²) in [6.45, 7) is 4.38. The summed E-state index contributed by atoms with van der Waals surface area (Å²) in [5.41, 5.74) is 0.109. The van der Waals surface area contributed by atoms with Gasteiger partial charge in [-0.05, 0) is 24.8 Å². The van der Waals surface area contributed by atoms with Crippen LogP contribution in [0.15, 0.2) is 17.0 Å². The van der Waals surface area contributed by atoms with Gasteiger partial charge in [-0.25, -0.2) is 0 Å². The smallest absolute Gasteiger partial charge is 0.316 e. The van der Waals surface area contributed by atoms with E-state index in [2.05, 4.69) is 0 Å². The zero-order valence-electron chi connectivity index (χ0n) is 10.5. The van der Waals surface area contributed by atoms with Crippen LogP contribution in [-0.4, -0.2) is 10.3 Å². The van der Waals surface area contributed by atoms with E-state index >= 15 is 0 Å². The van der Waals surface area contributed by atoms with Crippen molar-refractivity contribution in [2.45, 2.75) is 31.5 Å². The second kappa shape index (κ2) is 5.20. The van der Waals surface area contributed by atoms with Gasteiger partial charge < -0.3 is 4.57 Å². The molecule has 0 atom stereocenters. The highest BCUT2D eigenvalue weighted by Crippen LogP contribution is 2.37. The maximum atomic E-state index is 12.9. The van der Waals surface area contributed by atoms with Gasteiger partial charge in [0.15, 0.2) is 4.80 Å². The molecule has 0 aliphatic carbocycles. The molecular weight excluding hydrogens is 293 g/mol. The van der Waals surface area contributed by atoms with E-state index in [9.17, 15) is 13.2 Å². The number of benzene rings is 1. The number of hydrogen-bond acceptors (Lipinski definition) is 3. The first-order chi connectivity index (χ1) is 8.88. The van der Waals surface area contributed by atoms with Gasteiger partial charge in [-0.2, -0.15) is 13.2 Å². The van der Waals surface area contributed by atoms with Gasteiger partial charge in [-0.15, -0.1) is 11.8 Å². The van der Waals surface area contributed by atoms with E-state index < -0.39 is 11.7 Å². The molecule has 0 saturated heterocycles. The molecular formula is C12H13F3N2S2. The lowest BCUT2D eigenvalue weighted by Gasteiger charge is -2.11. The Morgan fingerprint density at radius 2 is 2.00 bits per heavy atom. The van der Waals surface area contributed by atoms with Crippen LogP contribution in [0.1, 0.15) is 19.4 Å². The van der Waals surface area contributed by atoms with Crippen molar-refractivity contribution in [1.82, 2.24) is 4.57 Å². The quantitative estimate of drug-likeness (QED) is 0.840. The molecule has 0 aliphatic heterocycles. The van der Waals surface area contributed by atoms with Crippen molar-refractivity contribution >= 4 is 33.3 Å². The number of hydrogen-bond donors (Lipinski definition) is 1. The number of thioether (sulfide) groups is 1. The molecule has 0 radical (unpaired) electrons. The summed E-state index contributed by atoms with van der Waals surface area (Å²) in [7, 11) is 0. The lowest BCUT2D eigenvalue weighted by atomic mass is 10.2. The Balaban J connectivity index is 2.79. The van der Waals surface area contributed by atoms with Gasteiger partial charge in [0.1, 0.15) is 0 Å². The molecule has 0 amide bonds. The Labute approximate surface area is 116 Å². The van der Waals surface area contributed by atoms with Crippen LogP contribution in [0.3, 0.4) is 0 Å². The van der Waals surface area contributed by atoms with Crippen LogP contribution >= 0.6 is 23.1 Å². The molecule has 7 heteroatoms.